The Balaban J connectivity index is 2.45. The number of alkyl halides is 3. The molecule has 20 heavy (non-hydrogen) atoms. The average Bonchev–Trinajstić information content (AvgIpc) is 2.91. The summed E-state index contributed by atoms with van der Waals surface area (Å²) in [5.41, 5.74) is 1.83. The molecule has 0 fully saturated rings. The number of aryl methyl sites for hydroxylation is 2. The van der Waals surface area contributed by atoms with Crippen LogP contribution in [0.1, 0.15) is 38.6 Å². The van der Waals surface area contributed by atoms with Crippen molar-refractivity contribution in [3.63, 3.8) is 0 Å². The highest BCUT2D eigenvalue weighted by Gasteiger charge is 2.35. The van der Waals surface area contributed by atoms with Crippen molar-refractivity contribution in [1.82, 2.24) is 10.3 Å². The van der Waals surface area contributed by atoms with Crippen molar-refractivity contribution in [2.75, 3.05) is 7.05 Å². The van der Waals surface area contributed by atoms with Gasteiger partial charge in [0.2, 0.25) is 0 Å². The summed E-state index contributed by atoms with van der Waals surface area (Å²) in [7, 11) is 1.71. The maximum absolute atomic E-state index is 12.6. The largest absolute Gasteiger partial charge is 0.466 e. The Hall–Kier alpha value is -1.34. The van der Waals surface area contributed by atoms with E-state index in [1.165, 1.54) is 6.20 Å². The SMILES string of the molecule is CNC(c1cnc(C(F)(F)F)s1)c1c(C)oc(C)c1C. The maximum Gasteiger partial charge on any atom is 0.443 e. The molecule has 0 spiro atoms. The zero-order chi connectivity index (χ0) is 15.1. The number of halogens is 3. The fourth-order valence-electron chi connectivity index (χ4n) is 2.21. The standard InChI is InChI=1S/C13H15F3N2OS/c1-6-7(2)19-8(3)10(6)11(17-4)9-5-18-12(20-9)13(14,15)16/h5,11,17H,1-4H3. The third kappa shape index (κ3) is 2.60. The van der Waals surface area contributed by atoms with Crippen molar-refractivity contribution in [3.8, 4) is 0 Å². The van der Waals surface area contributed by atoms with Crippen LogP contribution in [0, 0.1) is 20.8 Å². The molecule has 0 radical (unpaired) electrons. The van der Waals surface area contributed by atoms with Crippen molar-refractivity contribution >= 4 is 11.3 Å². The van der Waals surface area contributed by atoms with Gasteiger partial charge in [0.25, 0.3) is 0 Å². The molecule has 1 N–H and O–H groups in total. The van der Waals surface area contributed by atoms with Gasteiger partial charge < -0.3 is 9.73 Å². The molecule has 2 rings (SSSR count). The minimum Gasteiger partial charge on any atom is -0.466 e. The number of thiazole rings is 1. The summed E-state index contributed by atoms with van der Waals surface area (Å²) in [5.74, 6) is 1.49. The van der Waals surface area contributed by atoms with Crippen LogP contribution >= 0.6 is 11.3 Å². The summed E-state index contributed by atoms with van der Waals surface area (Å²) in [5, 5.41) is 2.21. The molecule has 0 bridgehead atoms. The Morgan fingerprint density at radius 1 is 1.25 bits per heavy atom. The lowest BCUT2D eigenvalue weighted by molar-refractivity contribution is -0.137. The van der Waals surface area contributed by atoms with Gasteiger partial charge in [-0.15, -0.1) is 11.3 Å². The highest BCUT2D eigenvalue weighted by molar-refractivity contribution is 7.11. The van der Waals surface area contributed by atoms with E-state index in [4.69, 9.17) is 4.42 Å². The maximum atomic E-state index is 12.6. The smallest absolute Gasteiger partial charge is 0.443 e. The number of rotatable bonds is 3. The van der Waals surface area contributed by atoms with Gasteiger partial charge in [0.1, 0.15) is 11.5 Å². The van der Waals surface area contributed by atoms with E-state index in [0.717, 1.165) is 16.9 Å². The quantitative estimate of drug-likeness (QED) is 0.931. The van der Waals surface area contributed by atoms with Crippen molar-refractivity contribution in [1.29, 1.82) is 0 Å². The minimum absolute atomic E-state index is 0.346. The van der Waals surface area contributed by atoms with E-state index in [9.17, 15) is 13.2 Å². The third-order valence-corrected chi connectivity index (χ3v) is 4.35. The van der Waals surface area contributed by atoms with Crippen LogP contribution in [0.25, 0.3) is 0 Å². The number of hydrogen-bond donors (Lipinski definition) is 1. The van der Waals surface area contributed by atoms with E-state index in [2.05, 4.69) is 10.3 Å². The number of hydrogen-bond acceptors (Lipinski definition) is 4. The average molecular weight is 304 g/mol. The lowest BCUT2D eigenvalue weighted by atomic mass is 10.0. The lowest BCUT2D eigenvalue weighted by Gasteiger charge is -2.14. The van der Waals surface area contributed by atoms with Crippen LogP contribution < -0.4 is 5.32 Å². The molecule has 0 aliphatic carbocycles. The second-order valence-electron chi connectivity index (χ2n) is 4.54. The van der Waals surface area contributed by atoms with Gasteiger partial charge >= 0.3 is 6.18 Å². The summed E-state index contributed by atoms with van der Waals surface area (Å²) in [6.07, 6.45) is -3.13. The zero-order valence-electron chi connectivity index (χ0n) is 11.6. The number of furan rings is 1. The van der Waals surface area contributed by atoms with Crippen LogP contribution in [0.3, 0.4) is 0 Å². The number of nitrogens with zero attached hydrogens (tertiary/aromatic N) is 1. The van der Waals surface area contributed by atoms with Crippen LogP contribution in [0.5, 0.6) is 0 Å². The Kier molecular flexibility index (Phi) is 3.93. The van der Waals surface area contributed by atoms with Gasteiger partial charge in [-0.3, -0.25) is 0 Å². The Morgan fingerprint density at radius 3 is 2.30 bits per heavy atom. The number of aromatic nitrogens is 1. The van der Waals surface area contributed by atoms with Gasteiger partial charge in [-0.25, -0.2) is 4.98 Å². The first-order chi connectivity index (χ1) is 9.25. The molecule has 2 aromatic rings. The van der Waals surface area contributed by atoms with E-state index >= 15 is 0 Å². The molecule has 1 unspecified atom stereocenters. The third-order valence-electron chi connectivity index (χ3n) is 3.25. The van der Waals surface area contributed by atoms with E-state index in [1.54, 1.807) is 7.05 Å². The summed E-state index contributed by atoms with van der Waals surface area (Å²) >= 11 is 0.654. The molecule has 0 aliphatic heterocycles. The predicted molar refractivity (Wildman–Crippen MR) is 70.9 cm³/mol. The zero-order valence-corrected chi connectivity index (χ0v) is 12.4. The normalized spacial score (nSPS) is 13.8. The lowest BCUT2D eigenvalue weighted by Crippen LogP contribution is -2.17. The monoisotopic (exact) mass is 304 g/mol. The molecule has 3 nitrogen and oxygen atoms in total. The molecule has 0 amide bonds. The minimum atomic E-state index is -4.41. The van der Waals surface area contributed by atoms with Crippen molar-refractivity contribution in [2.24, 2.45) is 0 Å². The topological polar surface area (TPSA) is 38.1 Å². The first-order valence-corrected chi connectivity index (χ1v) is 6.84. The molecular weight excluding hydrogens is 289 g/mol. The molecule has 0 saturated heterocycles. The van der Waals surface area contributed by atoms with Crippen LogP contribution in [0.2, 0.25) is 0 Å². The highest BCUT2D eigenvalue weighted by Crippen LogP contribution is 2.38. The first kappa shape index (κ1) is 15.1. The summed E-state index contributed by atoms with van der Waals surface area (Å²) in [6.45, 7) is 5.55. The number of nitrogens with one attached hydrogen (secondary N) is 1. The molecule has 2 aromatic heterocycles. The summed E-state index contributed by atoms with van der Waals surface area (Å²) in [6, 6.07) is -0.346. The Labute approximate surface area is 118 Å². The molecule has 1 atom stereocenters. The molecular formula is C13H15F3N2OS. The van der Waals surface area contributed by atoms with E-state index in [1.807, 2.05) is 20.8 Å². The predicted octanol–water partition coefficient (Wildman–Crippen LogP) is 3.99. The van der Waals surface area contributed by atoms with E-state index in [0.29, 0.717) is 22.0 Å². The molecule has 2 heterocycles. The summed E-state index contributed by atoms with van der Waals surface area (Å²) < 4.78 is 43.5. The van der Waals surface area contributed by atoms with Gasteiger partial charge in [-0.1, -0.05) is 0 Å². The molecule has 7 heteroatoms. The van der Waals surface area contributed by atoms with Crippen molar-refractivity contribution in [2.45, 2.75) is 33.0 Å². The van der Waals surface area contributed by atoms with E-state index < -0.39 is 11.2 Å². The fourth-order valence-corrected chi connectivity index (χ4v) is 3.12. The van der Waals surface area contributed by atoms with Crippen LogP contribution in [-0.2, 0) is 6.18 Å². The van der Waals surface area contributed by atoms with Crippen LogP contribution in [-0.4, -0.2) is 12.0 Å². The van der Waals surface area contributed by atoms with Gasteiger partial charge in [0.05, 0.1) is 6.04 Å². The molecule has 110 valence electrons. The fraction of sp³-hybridized carbons (Fsp3) is 0.462. The molecule has 0 aliphatic rings. The Bertz CT molecular complexity index is 616. The molecule has 0 aromatic carbocycles. The van der Waals surface area contributed by atoms with Gasteiger partial charge in [-0.05, 0) is 33.4 Å². The van der Waals surface area contributed by atoms with Gasteiger partial charge in [-0.2, -0.15) is 13.2 Å². The van der Waals surface area contributed by atoms with Crippen LogP contribution in [0.4, 0.5) is 13.2 Å². The van der Waals surface area contributed by atoms with E-state index in [-0.39, 0.29) is 6.04 Å². The van der Waals surface area contributed by atoms with Gasteiger partial charge in [0, 0.05) is 16.6 Å². The second-order valence-corrected chi connectivity index (χ2v) is 5.60. The van der Waals surface area contributed by atoms with Gasteiger partial charge in [0.15, 0.2) is 5.01 Å². The Morgan fingerprint density at radius 2 is 1.90 bits per heavy atom. The highest BCUT2D eigenvalue weighted by atomic mass is 32.1. The summed E-state index contributed by atoms with van der Waals surface area (Å²) in [4.78, 5) is 3.99. The van der Waals surface area contributed by atoms with Crippen molar-refractivity contribution in [3.05, 3.63) is 38.7 Å². The first-order valence-electron chi connectivity index (χ1n) is 6.02. The van der Waals surface area contributed by atoms with Crippen molar-refractivity contribution < 1.29 is 17.6 Å². The van der Waals surface area contributed by atoms with Crippen LogP contribution in [0.15, 0.2) is 10.6 Å². The second kappa shape index (κ2) is 5.21. The molecule has 0 saturated carbocycles.